The van der Waals surface area contributed by atoms with Gasteiger partial charge in [-0.25, -0.2) is 4.39 Å². The molecule has 0 atom stereocenters. The van der Waals surface area contributed by atoms with Crippen LogP contribution in [0.5, 0.6) is 0 Å². The fraction of sp³-hybridized carbons (Fsp3) is 0.0769. The molecule has 96 valence electrons. The van der Waals surface area contributed by atoms with E-state index in [-0.39, 0.29) is 16.7 Å². The average molecular weight is 266 g/mol. The van der Waals surface area contributed by atoms with Crippen LogP contribution in [0.2, 0.25) is 0 Å². The smallest absolute Gasteiger partial charge is 0.263 e. The molecule has 1 heterocycles. The van der Waals surface area contributed by atoms with Crippen LogP contribution in [0.15, 0.2) is 36.7 Å². The van der Waals surface area contributed by atoms with Crippen molar-refractivity contribution < 1.29 is 17.6 Å². The predicted octanol–water partition coefficient (Wildman–Crippen LogP) is 3.78. The van der Waals surface area contributed by atoms with Gasteiger partial charge in [-0.2, -0.15) is 18.4 Å². The van der Waals surface area contributed by atoms with E-state index in [0.29, 0.717) is 6.20 Å². The largest absolute Gasteiger partial charge is 0.417 e. The normalized spacial score (nSPS) is 11.1. The fourth-order valence-electron chi connectivity index (χ4n) is 1.54. The Balaban J connectivity index is 2.48. The molecule has 0 unspecified atom stereocenters. The van der Waals surface area contributed by atoms with E-state index in [1.807, 2.05) is 0 Å². The first-order valence-electron chi connectivity index (χ1n) is 5.14. The lowest BCUT2D eigenvalue weighted by Crippen LogP contribution is -2.05. The first-order chi connectivity index (χ1) is 8.91. The van der Waals surface area contributed by atoms with Crippen molar-refractivity contribution in [2.75, 3.05) is 0 Å². The molecule has 0 N–H and O–H groups in total. The third-order valence-corrected chi connectivity index (χ3v) is 2.49. The highest BCUT2D eigenvalue weighted by Crippen LogP contribution is 2.31. The summed E-state index contributed by atoms with van der Waals surface area (Å²) in [6.07, 6.45) is -2.60. The quantitative estimate of drug-likeness (QED) is 0.736. The summed E-state index contributed by atoms with van der Waals surface area (Å²) in [5.74, 6) is -0.780. The Hall–Kier alpha value is -2.42. The molecule has 0 amide bonds. The number of nitrogens with zero attached hydrogens (tertiary/aromatic N) is 2. The molecule has 0 saturated heterocycles. The number of hydrogen-bond donors (Lipinski definition) is 0. The monoisotopic (exact) mass is 266 g/mol. The van der Waals surface area contributed by atoms with E-state index in [1.165, 1.54) is 18.3 Å². The highest BCUT2D eigenvalue weighted by molar-refractivity contribution is 5.64. The van der Waals surface area contributed by atoms with E-state index in [9.17, 15) is 17.6 Å². The molecule has 2 nitrogen and oxygen atoms in total. The Morgan fingerprint density at radius 1 is 1.05 bits per heavy atom. The van der Waals surface area contributed by atoms with Crippen LogP contribution in [-0.4, -0.2) is 4.98 Å². The van der Waals surface area contributed by atoms with Gasteiger partial charge in [0.25, 0.3) is 0 Å². The minimum Gasteiger partial charge on any atom is -0.263 e. The summed E-state index contributed by atoms with van der Waals surface area (Å²) in [5.41, 5.74) is -0.702. The minimum absolute atomic E-state index is 0.137. The Morgan fingerprint density at radius 2 is 1.79 bits per heavy atom. The van der Waals surface area contributed by atoms with Gasteiger partial charge in [0.1, 0.15) is 11.9 Å². The Labute approximate surface area is 105 Å². The fourth-order valence-corrected chi connectivity index (χ4v) is 1.54. The van der Waals surface area contributed by atoms with Gasteiger partial charge in [-0.15, -0.1) is 0 Å². The van der Waals surface area contributed by atoms with Crippen molar-refractivity contribution in [2.24, 2.45) is 0 Å². The van der Waals surface area contributed by atoms with Crippen LogP contribution < -0.4 is 0 Å². The van der Waals surface area contributed by atoms with E-state index >= 15 is 0 Å². The van der Waals surface area contributed by atoms with Gasteiger partial charge in [-0.1, -0.05) is 6.07 Å². The molecule has 0 spiro atoms. The second-order valence-electron chi connectivity index (χ2n) is 3.77. The first kappa shape index (κ1) is 13.0. The molecule has 0 saturated carbocycles. The van der Waals surface area contributed by atoms with Gasteiger partial charge in [-0.3, -0.25) is 4.98 Å². The molecule has 0 aliphatic rings. The molecule has 0 radical (unpaired) electrons. The van der Waals surface area contributed by atoms with Crippen LogP contribution in [0.3, 0.4) is 0 Å². The molecule has 0 aliphatic carbocycles. The molecule has 0 aliphatic heterocycles. The van der Waals surface area contributed by atoms with Gasteiger partial charge < -0.3 is 0 Å². The summed E-state index contributed by atoms with van der Waals surface area (Å²) in [6, 6.07) is 6.12. The summed E-state index contributed by atoms with van der Waals surface area (Å²) in [6.45, 7) is 0. The first-order valence-corrected chi connectivity index (χ1v) is 5.14. The lowest BCUT2D eigenvalue weighted by Gasteiger charge is -2.08. The molecule has 2 rings (SSSR count). The van der Waals surface area contributed by atoms with Gasteiger partial charge in [-0.05, 0) is 23.8 Å². The van der Waals surface area contributed by atoms with Crippen LogP contribution in [0.25, 0.3) is 11.1 Å². The van der Waals surface area contributed by atoms with Gasteiger partial charge in [0.05, 0.1) is 11.1 Å². The third-order valence-electron chi connectivity index (χ3n) is 2.49. The molecule has 0 fully saturated rings. The van der Waals surface area contributed by atoms with Gasteiger partial charge in [0.2, 0.25) is 0 Å². The van der Waals surface area contributed by atoms with Crippen LogP contribution in [0.1, 0.15) is 11.1 Å². The predicted molar refractivity (Wildman–Crippen MR) is 59.3 cm³/mol. The van der Waals surface area contributed by atoms with E-state index in [4.69, 9.17) is 5.26 Å². The molecular formula is C13H6F4N2. The topological polar surface area (TPSA) is 36.7 Å². The van der Waals surface area contributed by atoms with Crippen molar-refractivity contribution in [2.45, 2.75) is 6.18 Å². The second-order valence-corrected chi connectivity index (χ2v) is 3.77. The Bertz CT molecular complexity index is 656. The maximum Gasteiger partial charge on any atom is 0.417 e. The zero-order valence-electron chi connectivity index (χ0n) is 9.37. The number of hydrogen-bond acceptors (Lipinski definition) is 2. The zero-order valence-corrected chi connectivity index (χ0v) is 9.37. The standard InChI is InChI=1S/C13H6F4N2/c14-12-4-8(1-2-9(12)5-18)10-3-11(7-19-6-10)13(15,16)17/h1-4,6-7H. The van der Waals surface area contributed by atoms with Crippen molar-refractivity contribution in [3.05, 3.63) is 53.6 Å². The van der Waals surface area contributed by atoms with Crippen LogP contribution in [0.4, 0.5) is 17.6 Å². The van der Waals surface area contributed by atoms with Gasteiger partial charge in [0, 0.05) is 18.0 Å². The number of pyridine rings is 1. The SMILES string of the molecule is N#Cc1ccc(-c2cncc(C(F)(F)F)c2)cc1F. The number of aromatic nitrogens is 1. The van der Waals surface area contributed by atoms with Crippen molar-refractivity contribution >= 4 is 0 Å². The number of nitriles is 1. The van der Waals surface area contributed by atoms with E-state index in [2.05, 4.69) is 4.98 Å². The highest BCUT2D eigenvalue weighted by Gasteiger charge is 2.31. The van der Waals surface area contributed by atoms with Crippen LogP contribution in [-0.2, 0) is 6.18 Å². The number of halogens is 4. The maximum absolute atomic E-state index is 13.4. The third kappa shape index (κ3) is 2.71. The zero-order chi connectivity index (χ0) is 14.0. The van der Waals surface area contributed by atoms with Gasteiger partial charge >= 0.3 is 6.18 Å². The lowest BCUT2D eigenvalue weighted by atomic mass is 10.0. The molecule has 0 bridgehead atoms. The molecule has 1 aromatic carbocycles. The summed E-state index contributed by atoms with van der Waals surface area (Å²) in [4.78, 5) is 3.49. The number of alkyl halides is 3. The van der Waals surface area contributed by atoms with Gasteiger partial charge in [0.15, 0.2) is 0 Å². The van der Waals surface area contributed by atoms with Crippen molar-refractivity contribution in [1.82, 2.24) is 4.98 Å². The Morgan fingerprint density at radius 3 is 2.37 bits per heavy atom. The minimum atomic E-state index is -4.51. The van der Waals surface area contributed by atoms with E-state index < -0.39 is 17.6 Å². The lowest BCUT2D eigenvalue weighted by molar-refractivity contribution is -0.137. The van der Waals surface area contributed by atoms with Crippen LogP contribution >= 0.6 is 0 Å². The van der Waals surface area contributed by atoms with Crippen molar-refractivity contribution in [3.8, 4) is 17.2 Å². The molecule has 19 heavy (non-hydrogen) atoms. The summed E-state index contributed by atoms with van der Waals surface area (Å²) in [7, 11) is 0. The van der Waals surface area contributed by atoms with E-state index in [1.54, 1.807) is 6.07 Å². The maximum atomic E-state index is 13.4. The molecule has 2 aromatic rings. The molecule has 1 aromatic heterocycles. The van der Waals surface area contributed by atoms with E-state index in [0.717, 1.165) is 12.1 Å². The van der Waals surface area contributed by atoms with Crippen LogP contribution in [0, 0.1) is 17.1 Å². The summed E-state index contributed by atoms with van der Waals surface area (Å²) < 4.78 is 51.0. The summed E-state index contributed by atoms with van der Waals surface area (Å²) in [5, 5.41) is 8.58. The number of rotatable bonds is 1. The van der Waals surface area contributed by atoms with Crippen molar-refractivity contribution in [3.63, 3.8) is 0 Å². The van der Waals surface area contributed by atoms with Crippen molar-refractivity contribution in [1.29, 1.82) is 5.26 Å². The average Bonchev–Trinajstić information content (AvgIpc) is 2.38. The summed E-state index contributed by atoms with van der Waals surface area (Å²) >= 11 is 0. The molecular weight excluding hydrogens is 260 g/mol. The highest BCUT2D eigenvalue weighted by atomic mass is 19.4. The Kier molecular flexibility index (Phi) is 3.21. The molecule has 6 heteroatoms. The second kappa shape index (κ2) is 4.69. The number of benzene rings is 1.